The first kappa shape index (κ1) is 19.3. The molecule has 0 saturated carbocycles. The van der Waals surface area contributed by atoms with Gasteiger partial charge in [-0.25, -0.2) is 0 Å². The minimum Gasteiger partial charge on any atom is -0.368 e. The summed E-state index contributed by atoms with van der Waals surface area (Å²) in [6.45, 7) is 0. The van der Waals surface area contributed by atoms with E-state index in [1.54, 1.807) is 0 Å². The zero-order valence-electron chi connectivity index (χ0n) is 18.1. The van der Waals surface area contributed by atoms with Crippen molar-refractivity contribution in [2.75, 3.05) is 0 Å². The van der Waals surface area contributed by atoms with Crippen LogP contribution in [-0.4, -0.2) is 0 Å². The summed E-state index contributed by atoms with van der Waals surface area (Å²) in [5, 5.41) is 5.36. The van der Waals surface area contributed by atoms with Crippen molar-refractivity contribution in [2.45, 2.75) is 0 Å². The van der Waals surface area contributed by atoms with Crippen LogP contribution < -0.4 is 15.8 Å². The van der Waals surface area contributed by atoms with E-state index in [1.165, 1.54) is 44.5 Å². The lowest BCUT2D eigenvalue weighted by atomic mass is 9.73. The van der Waals surface area contributed by atoms with E-state index in [-0.39, 0.29) is 0 Å². The van der Waals surface area contributed by atoms with E-state index in [9.17, 15) is 0 Å². The zero-order chi connectivity index (χ0) is 22.0. The lowest BCUT2D eigenvalue weighted by Gasteiger charge is -2.24. The second-order valence-corrected chi connectivity index (χ2v) is 8.20. The van der Waals surface area contributed by atoms with Gasteiger partial charge in [-0.3, -0.25) is 0 Å². The molecule has 0 unspecified atom stereocenters. The fourth-order valence-corrected chi connectivity index (χ4v) is 4.65. The van der Waals surface area contributed by atoms with E-state index in [0.29, 0.717) is 0 Å². The lowest BCUT2D eigenvalue weighted by Crippen LogP contribution is -2.15. The third-order valence-corrected chi connectivity index (χ3v) is 6.20. The van der Waals surface area contributed by atoms with E-state index in [4.69, 9.17) is 0 Å². The van der Waals surface area contributed by atoms with Crippen molar-refractivity contribution in [3.63, 3.8) is 0 Å². The highest BCUT2D eigenvalue weighted by Crippen LogP contribution is 2.44. The summed E-state index contributed by atoms with van der Waals surface area (Å²) in [6, 6.07) is 36.7. The molecule has 33 heavy (non-hydrogen) atoms. The average Bonchev–Trinajstić information content (AvgIpc) is 2.90. The predicted molar refractivity (Wildman–Crippen MR) is 136 cm³/mol. The van der Waals surface area contributed by atoms with E-state index >= 15 is 0 Å². The van der Waals surface area contributed by atoms with Crippen LogP contribution in [0.5, 0.6) is 0 Å². The molecule has 0 saturated heterocycles. The monoisotopic (exact) mass is 420 g/mol. The summed E-state index contributed by atoms with van der Waals surface area (Å²) < 4.78 is 0. The molecule has 0 amide bonds. The van der Waals surface area contributed by atoms with Crippen molar-refractivity contribution in [1.82, 2.24) is 5.32 Å². The highest BCUT2D eigenvalue weighted by atomic mass is 14.8. The SMILES string of the molecule is C(=C1c2ccccc2[C+](c2ccccc2)c2ccccc21)=c1ccc(=C2C=CNC=C2)cc1. The number of rotatable bonds is 1. The molecule has 0 spiro atoms. The van der Waals surface area contributed by atoms with Gasteiger partial charge in [-0.15, -0.1) is 0 Å². The van der Waals surface area contributed by atoms with Crippen LogP contribution >= 0.6 is 0 Å². The van der Waals surface area contributed by atoms with Gasteiger partial charge in [-0.05, 0) is 95.7 Å². The number of hydrogen-bond acceptors (Lipinski definition) is 1. The summed E-state index contributed by atoms with van der Waals surface area (Å²) >= 11 is 0. The maximum atomic E-state index is 3.74. The number of allylic oxidation sites excluding steroid dienone is 2. The van der Waals surface area contributed by atoms with Crippen molar-refractivity contribution in [1.29, 1.82) is 0 Å². The molecule has 1 aliphatic heterocycles. The quantitative estimate of drug-likeness (QED) is 0.362. The fraction of sp³-hybridized carbons (Fsp3) is 0. The Hall–Kier alpha value is -4.45. The van der Waals surface area contributed by atoms with Crippen LogP contribution in [0.15, 0.2) is 128 Å². The fourth-order valence-electron chi connectivity index (χ4n) is 4.65. The Morgan fingerprint density at radius 1 is 0.576 bits per heavy atom. The molecule has 0 bridgehead atoms. The van der Waals surface area contributed by atoms with Crippen LogP contribution in [0, 0.1) is 5.92 Å². The van der Waals surface area contributed by atoms with Gasteiger partial charge in [0.05, 0.1) is 28.2 Å². The molecular formula is C32H22N+. The van der Waals surface area contributed by atoms with Crippen molar-refractivity contribution in [2.24, 2.45) is 0 Å². The molecule has 1 aliphatic carbocycles. The van der Waals surface area contributed by atoms with E-state index in [0.717, 1.165) is 10.8 Å². The van der Waals surface area contributed by atoms with Crippen LogP contribution in [0.4, 0.5) is 0 Å². The minimum atomic E-state index is 1.07. The van der Waals surface area contributed by atoms with E-state index in [1.807, 2.05) is 12.4 Å². The molecule has 0 fully saturated rings. The third kappa shape index (κ3) is 3.51. The molecule has 0 aromatic heterocycles. The number of hydrogen-bond donors (Lipinski definition) is 1. The van der Waals surface area contributed by atoms with Gasteiger partial charge in [0.2, 0.25) is 0 Å². The topological polar surface area (TPSA) is 12.0 Å². The summed E-state index contributed by atoms with van der Waals surface area (Å²) in [6.07, 6.45) is 8.08. The Morgan fingerprint density at radius 2 is 1.15 bits per heavy atom. The van der Waals surface area contributed by atoms with Crippen molar-refractivity contribution in [3.8, 4) is 0 Å². The molecule has 0 atom stereocenters. The Bertz CT molecular complexity index is 1480. The van der Waals surface area contributed by atoms with Gasteiger partial charge in [0.15, 0.2) is 0 Å². The maximum absolute atomic E-state index is 3.74. The van der Waals surface area contributed by atoms with Gasteiger partial charge in [-0.2, -0.15) is 0 Å². The highest BCUT2D eigenvalue weighted by molar-refractivity contribution is 5.95. The predicted octanol–water partition coefficient (Wildman–Crippen LogP) is 5.31. The summed E-state index contributed by atoms with van der Waals surface area (Å²) in [7, 11) is 0. The Kier molecular flexibility index (Phi) is 4.81. The van der Waals surface area contributed by atoms with Crippen LogP contribution in [0.2, 0.25) is 0 Å². The second kappa shape index (κ2) is 8.24. The van der Waals surface area contributed by atoms with Crippen molar-refractivity contribution < 1.29 is 0 Å². The molecule has 0 radical (unpaired) electrons. The molecule has 1 nitrogen and oxygen atoms in total. The average molecular weight is 421 g/mol. The van der Waals surface area contributed by atoms with Gasteiger partial charge in [0.25, 0.3) is 0 Å². The first-order valence-corrected chi connectivity index (χ1v) is 11.2. The first-order chi connectivity index (χ1) is 16.4. The van der Waals surface area contributed by atoms with Gasteiger partial charge in [-0.1, -0.05) is 36.1 Å². The van der Waals surface area contributed by atoms with Gasteiger partial charge in [0.1, 0.15) is 0 Å². The molecule has 6 rings (SSSR count). The second-order valence-electron chi connectivity index (χ2n) is 8.20. The number of nitrogens with one attached hydrogen (secondary N) is 1. The van der Waals surface area contributed by atoms with Gasteiger partial charge in [0, 0.05) is 28.7 Å². The summed E-state index contributed by atoms with van der Waals surface area (Å²) in [5.41, 5.74) is 12.3. The smallest absolute Gasteiger partial charge is 0.0808 e. The third-order valence-electron chi connectivity index (χ3n) is 6.20. The van der Waals surface area contributed by atoms with Crippen LogP contribution in [0.1, 0.15) is 27.8 Å². The van der Waals surface area contributed by atoms with E-state index < -0.39 is 0 Å². The number of fused-ring (bicyclic) bond motifs is 2. The molecule has 4 aromatic carbocycles. The largest absolute Gasteiger partial charge is 0.368 e. The molecule has 1 heterocycles. The first-order valence-electron chi connectivity index (χ1n) is 11.2. The molecule has 1 heteroatoms. The Balaban J connectivity index is 1.60. The van der Waals surface area contributed by atoms with Crippen molar-refractivity contribution in [3.05, 3.63) is 172 Å². The van der Waals surface area contributed by atoms with Gasteiger partial charge >= 0.3 is 0 Å². The summed E-state index contributed by atoms with van der Waals surface area (Å²) in [5.74, 6) is 1.28. The molecule has 1 N–H and O–H groups in total. The van der Waals surface area contributed by atoms with Crippen molar-refractivity contribution >= 4 is 16.9 Å². The lowest BCUT2D eigenvalue weighted by molar-refractivity contribution is 1.18. The Morgan fingerprint density at radius 3 is 1.79 bits per heavy atom. The summed E-state index contributed by atoms with van der Waals surface area (Å²) in [4.78, 5) is 0. The Labute approximate surface area is 194 Å². The van der Waals surface area contributed by atoms with Crippen LogP contribution in [0.25, 0.3) is 16.9 Å². The highest BCUT2D eigenvalue weighted by Gasteiger charge is 2.34. The number of benzene rings is 4. The molecule has 2 aliphatic rings. The van der Waals surface area contributed by atoms with E-state index in [2.05, 4.69) is 126 Å². The normalized spacial score (nSPS) is 13.8. The molecule has 154 valence electrons. The van der Waals surface area contributed by atoms with Gasteiger partial charge < -0.3 is 5.32 Å². The molecule has 4 aromatic rings. The van der Waals surface area contributed by atoms with Crippen LogP contribution in [-0.2, 0) is 0 Å². The standard InChI is InChI=1S/C32H22N/c1-2-8-26(9-3-1)32-29-12-6-4-10-27(29)31(28-11-5-7-13-30(28)32)22-23-14-16-24(17-15-23)25-18-20-33-21-19-25/h1-21,33H/q+1. The van der Waals surface area contributed by atoms with Crippen LogP contribution in [0.3, 0.4) is 0 Å². The number of dihydropyridines is 1. The molecular weight excluding hydrogens is 398 g/mol. The zero-order valence-corrected chi connectivity index (χ0v) is 18.1. The maximum Gasteiger partial charge on any atom is 0.0808 e. The minimum absolute atomic E-state index is 1.07.